The topological polar surface area (TPSA) is 88.4 Å². The normalized spacial score (nSPS) is 9.75. The van der Waals surface area contributed by atoms with Crippen LogP contribution in [0.1, 0.15) is 6.42 Å². The van der Waals surface area contributed by atoms with Crippen molar-refractivity contribution in [3.05, 3.63) is 34.7 Å². The number of pyridine rings is 1. The fraction of sp³-hybridized carbons (Fsp3) is 0.300. The smallest absolute Gasteiger partial charge is 0.305 e. The molecule has 1 aromatic heterocycles. The molecule has 0 aliphatic heterocycles. The highest BCUT2D eigenvalue weighted by Gasteiger charge is 2.04. The minimum atomic E-state index is -0.975. The lowest BCUT2D eigenvalue weighted by Gasteiger charge is -2.05. The molecule has 86 valence electrons. The second-order valence-corrected chi connectivity index (χ2v) is 3.16. The van der Waals surface area contributed by atoms with Crippen LogP contribution in [0, 0.1) is 0 Å². The van der Waals surface area contributed by atoms with Crippen molar-refractivity contribution in [1.29, 1.82) is 0 Å². The highest BCUT2D eigenvalue weighted by Crippen LogP contribution is 1.83. The third-order valence-electron chi connectivity index (χ3n) is 1.87. The fourth-order valence-electron chi connectivity index (χ4n) is 1.11. The lowest BCUT2D eigenvalue weighted by Crippen LogP contribution is -2.32. The Morgan fingerprint density at radius 1 is 1.38 bits per heavy atom. The van der Waals surface area contributed by atoms with E-state index in [2.05, 4.69) is 5.32 Å². The maximum atomic E-state index is 11.3. The van der Waals surface area contributed by atoms with Gasteiger partial charge in [0.15, 0.2) is 0 Å². The zero-order valence-corrected chi connectivity index (χ0v) is 8.55. The second-order valence-electron chi connectivity index (χ2n) is 3.16. The number of nitrogens with one attached hydrogen (secondary N) is 1. The monoisotopic (exact) mass is 224 g/mol. The number of aromatic nitrogens is 1. The minimum Gasteiger partial charge on any atom is -0.481 e. The highest BCUT2D eigenvalue weighted by atomic mass is 16.4. The van der Waals surface area contributed by atoms with Gasteiger partial charge in [0.05, 0.1) is 6.42 Å². The Morgan fingerprint density at radius 2 is 2.12 bits per heavy atom. The Bertz CT molecular complexity index is 438. The van der Waals surface area contributed by atoms with E-state index in [-0.39, 0.29) is 31.0 Å². The van der Waals surface area contributed by atoms with Gasteiger partial charge in [-0.05, 0) is 6.07 Å². The van der Waals surface area contributed by atoms with E-state index in [1.165, 1.54) is 16.8 Å². The van der Waals surface area contributed by atoms with Crippen molar-refractivity contribution >= 4 is 11.9 Å². The molecule has 1 amide bonds. The summed E-state index contributed by atoms with van der Waals surface area (Å²) >= 11 is 0. The Kier molecular flexibility index (Phi) is 4.26. The number of carboxylic acid groups (broad SMARTS) is 1. The number of carboxylic acids is 1. The van der Waals surface area contributed by atoms with Gasteiger partial charge in [-0.25, -0.2) is 0 Å². The van der Waals surface area contributed by atoms with Crippen molar-refractivity contribution in [3.8, 4) is 0 Å². The van der Waals surface area contributed by atoms with Gasteiger partial charge >= 0.3 is 5.97 Å². The van der Waals surface area contributed by atoms with Crippen LogP contribution in [-0.4, -0.2) is 28.1 Å². The Hall–Kier alpha value is -2.11. The highest BCUT2D eigenvalue weighted by molar-refractivity contribution is 5.76. The van der Waals surface area contributed by atoms with Crippen molar-refractivity contribution in [3.63, 3.8) is 0 Å². The average Bonchev–Trinajstić information content (AvgIpc) is 2.21. The molecule has 2 N–H and O–H groups in total. The van der Waals surface area contributed by atoms with Crippen molar-refractivity contribution in [2.75, 3.05) is 6.54 Å². The molecule has 1 rings (SSSR count). The van der Waals surface area contributed by atoms with Crippen LogP contribution >= 0.6 is 0 Å². The van der Waals surface area contributed by atoms with E-state index in [9.17, 15) is 14.4 Å². The molecule has 0 spiro atoms. The second kappa shape index (κ2) is 5.69. The SMILES string of the molecule is O=C(O)CCNC(=O)Cn1ccccc1=O. The van der Waals surface area contributed by atoms with Crippen LogP contribution < -0.4 is 10.9 Å². The quantitative estimate of drug-likeness (QED) is 0.701. The van der Waals surface area contributed by atoms with Gasteiger partial charge in [0.25, 0.3) is 5.56 Å². The molecule has 0 aliphatic rings. The first-order chi connectivity index (χ1) is 7.59. The van der Waals surface area contributed by atoms with Gasteiger partial charge in [-0.2, -0.15) is 0 Å². The summed E-state index contributed by atoms with van der Waals surface area (Å²) in [5.74, 6) is -1.35. The van der Waals surface area contributed by atoms with Crippen LogP contribution in [0.5, 0.6) is 0 Å². The molecule has 1 aromatic rings. The fourth-order valence-corrected chi connectivity index (χ4v) is 1.11. The number of nitrogens with zero attached hydrogens (tertiary/aromatic N) is 1. The zero-order valence-electron chi connectivity index (χ0n) is 8.55. The summed E-state index contributed by atoms with van der Waals surface area (Å²) in [6.45, 7) is -0.0327. The van der Waals surface area contributed by atoms with Crippen LogP contribution in [0.15, 0.2) is 29.2 Å². The standard InChI is InChI=1S/C10H12N2O4/c13-8(11-5-4-10(15)16)7-12-6-2-1-3-9(12)14/h1-3,6H,4-5,7H2,(H,11,13)(H,15,16). The lowest BCUT2D eigenvalue weighted by atomic mass is 10.4. The van der Waals surface area contributed by atoms with Crippen LogP contribution in [0.2, 0.25) is 0 Å². The van der Waals surface area contributed by atoms with E-state index in [4.69, 9.17) is 5.11 Å². The van der Waals surface area contributed by atoms with Gasteiger partial charge in [0, 0.05) is 18.8 Å². The van der Waals surface area contributed by atoms with Crippen LogP contribution in [0.4, 0.5) is 0 Å². The third kappa shape index (κ3) is 3.95. The zero-order chi connectivity index (χ0) is 12.0. The number of rotatable bonds is 5. The van der Waals surface area contributed by atoms with Crippen molar-refractivity contribution in [2.45, 2.75) is 13.0 Å². The van der Waals surface area contributed by atoms with E-state index in [1.807, 2.05) is 0 Å². The molecule has 0 aromatic carbocycles. The molecule has 6 nitrogen and oxygen atoms in total. The number of carbonyl (C=O) groups is 2. The largest absolute Gasteiger partial charge is 0.481 e. The molecule has 0 saturated heterocycles. The maximum Gasteiger partial charge on any atom is 0.305 e. The molecule has 0 unspecified atom stereocenters. The molecule has 0 atom stereocenters. The van der Waals surface area contributed by atoms with Crippen molar-refractivity contribution < 1.29 is 14.7 Å². The van der Waals surface area contributed by atoms with Crippen molar-refractivity contribution in [2.24, 2.45) is 0 Å². The number of carbonyl (C=O) groups excluding carboxylic acids is 1. The predicted molar refractivity (Wildman–Crippen MR) is 56.0 cm³/mol. The average molecular weight is 224 g/mol. The first kappa shape index (κ1) is 12.0. The summed E-state index contributed by atoms with van der Waals surface area (Å²) in [6, 6.07) is 4.58. The van der Waals surface area contributed by atoms with Crippen LogP contribution in [0.25, 0.3) is 0 Å². The van der Waals surface area contributed by atoms with Crippen molar-refractivity contribution in [1.82, 2.24) is 9.88 Å². The summed E-state index contributed by atoms with van der Waals surface area (Å²) < 4.78 is 1.25. The molecule has 0 aliphatic carbocycles. The Labute approximate surface area is 91.5 Å². The summed E-state index contributed by atoms with van der Waals surface area (Å²) in [4.78, 5) is 32.7. The summed E-state index contributed by atoms with van der Waals surface area (Å²) in [7, 11) is 0. The summed E-state index contributed by atoms with van der Waals surface area (Å²) in [5, 5.41) is 10.8. The molecule has 0 radical (unpaired) electrons. The van der Waals surface area contributed by atoms with Crippen LogP contribution in [-0.2, 0) is 16.1 Å². The van der Waals surface area contributed by atoms with E-state index in [1.54, 1.807) is 12.1 Å². The molecule has 16 heavy (non-hydrogen) atoms. The first-order valence-corrected chi connectivity index (χ1v) is 4.73. The van der Waals surface area contributed by atoms with E-state index >= 15 is 0 Å². The number of aliphatic carboxylic acids is 1. The molecule has 6 heteroatoms. The predicted octanol–water partition coefficient (Wildman–Crippen LogP) is -0.561. The molecular formula is C10H12N2O4. The van der Waals surface area contributed by atoms with Gasteiger partial charge in [0.1, 0.15) is 6.54 Å². The van der Waals surface area contributed by atoms with Crippen LogP contribution in [0.3, 0.4) is 0 Å². The lowest BCUT2D eigenvalue weighted by molar-refractivity contribution is -0.136. The molecule has 0 fully saturated rings. The van der Waals surface area contributed by atoms with Gasteiger partial charge in [0.2, 0.25) is 5.91 Å². The van der Waals surface area contributed by atoms with E-state index in [0.717, 1.165) is 0 Å². The number of hydrogen-bond donors (Lipinski definition) is 2. The van der Waals surface area contributed by atoms with E-state index in [0.29, 0.717) is 0 Å². The van der Waals surface area contributed by atoms with E-state index < -0.39 is 5.97 Å². The number of amides is 1. The molecule has 0 saturated carbocycles. The molecule has 0 bridgehead atoms. The van der Waals surface area contributed by atoms with Gasteiger partial charge in [-0.1, -0.05) is 6.07 Å². The first-order valence-electron chi connectivity index (χ1n) is 4.73. The minimum absolute atomic E-state index is 0.0652. The van der Waals surface area contributed by atoms with Gasteiger partial charge in [-0.3, -0.25) is 14.4 Å². The van der Waals surface area contributed by atoms with Gasteiger partial charge < -0.3 is 15.0 Å². The third-order valence-corrected chi connectivity index (χ3v) is 1.87. The maximum absolute atomic E-state index is 11.3. The van der Waals surface area contributed by atoms with Gasteiger partial charge in [-0.15, -0.1) is 0 Å². The summed E-state index contributed by atoms with van der Waals surface area (Å²) in [6.07, 6.45) is 1.37. The Balaban J connectivity index is 2.43. The number of hydrogen-bond acceptors (Lipinski definition) is 3. The molecular weight excluding hydrogens is 212 g/mol. The summed E-state index contributed by atoms with van der Waals surface area (Å²) in [5.41, 5.74) is -0.268. The Morgan fingerprint density at radius 3 is 2.75 bits per heavy atom. The molecule has 1 heterocycles.